The third-order valence-corrected chi connectivity index (χ3v) is 3.77. The van der Waals surface area contributed by atoms with Crippen LogP contribution < -0.4 is 9.47 Å². The van der Waals surface area contributed by atoms with Crippen LogP contribution in [-0.2, 0) is 7.05 Å². The summed E-state index contributed by atoms with van der Waals surface area (Å²) >= 11 is 0. The number of carboxylic acid groups (broad SMARTS) is 1. The highest BCUT2D eigenvalue weighted by molar-refractivity contribution is 6.06. The highest BCUT2D eigenvalue weighted by atomic mass is 16.5. The molecule has 0 unspecified atom stereocenters. The van der Waals surface area contributed by atoms with Crippen LogP contribution in [-0.4, -0.2) is 35.1 Å². The van der Waals surface area contributed by atoms with Gasteiger partial charge in [0, 0.05) is 29.6 Å². The SMILES string of the molecule is COc1ccc(-c2cccc3c(C(=O)O)n(C)nc23)c(OC)c1. The number of fused-ring (bicyclic) bond motifs is 1. The Labute approximate surface area is 132 Å². The van der Waals surface area contributed by atoms with E-state index in [0.29, 0.717) is 22.4 Å². The van der Waals surface area contributed by atoms with Crippen LogP contribution in [0.25, 0.3) is 22.0 Å². The summed E-state index contributed by atoms with van der Waals surface area (Å²) in [7, 11) is 4.80. The minimum atomic E-state index is -1.01. The van der Waals surface area contributed by atoms with Gasteiger partial charge in [0.05, 0.1) is 14.2 Å². The maximum atomic E-state index is 11.4. The van der Waals surface area contributed by atoms with E-state index in [1.807, 2.05) is 24.3 Å². The van der Waals surface area contributed by atoms with Crippen molar-refractivity contribution in [1.82, 2.24) is 9.78 Å². The highest BCUT2D eigenvalue weighted by Crippen LogP contribution is 2.37. The number of aryl methyl sites for hydroxylation is 1. The second kappa shape index (κ2) is 5.64. The molecule has 118 valence electrons. The third-order valence-electron chi connectivity index (χ3n) is 3.77. The Kier molecular flexibility index (Phi) is 3.65. The second-order valence-corrected chi connectivity index (χ2v) is 5.05. The molecule has 3 rings (SSSR count). The molecule has 1 N–H and O–H groups in total. The van der Waals surface area contributed by atoms with Gasteiger partial charge in [-0.15, -0.1) is 0 Å². The Bertz CT molecular complexity index is 899. The normalized spacial score (nSPS) is 10.7. The predicted molar refractivity (Wildman–Crippen MR) is 86.2 cm³/mol. The van der Waals surface area contributed by atoms with E-state index in [4.69, 9.17) is 9.47 Å². The molecule has 6 heteroatoms. The molecule has 1 heterocycles. The zero-order valence-corrected chi connectivity index (χ0v) is 13.0. The number of ether oxygens (including phenoxy) is 2. The summed E-state index contributed by atoms with van der Waals surface area (Å²) in [5.41, 5.74) is 2.42. The van der Waals surface area contributed by atoms with Crippen molar-refractivity contribution in [3.05, 3.63) is 42.1 Å². The number of hydrogen-bond donors (Lipinski definition) is 1. The van der Waals surface area contributed by atoms with Gasteiger partial charge in [-0.2, -0.15) is 5.10 Å². The van der Waals surface area contributed by atoms with Crippen molar-refractivity contribution in [3.8, 4) is 22.6 Å². The first-order valence-electron chi connectivity index (χ1n) is 6.98. The third kappa shape index (κ3) is 2.38. The first kappa shape index (κ1) is 14.9. The topological polar surface area (TPSA) is 73.6 Å². The fraction of sp³-hybridized carbons (Fsp3) is 0.176. The van der Waals surface area contributed by atoms with Crippen molar-refractivity contribution in [2.75, 3.05) is 14.2 Å². The summed E-state index contributed by atoms with van der Waals surface area (Å²) in [6.07, 6.45) is 0. The molecule has 0 radical (unpaired) electrons. The van der Waals surface area contributed by atoms with Crippen molar-refractivity contribution < 1.29 is 19.4 Å². The van der Waals surface area contributed by atoms with Crippen LogP contribution in [0, 0.1) is 0 Å². The van der Waals surface area contributed by atoms with E-state index in [9.17, 15) is 9.90 Å². The molecular formula is C17H16N2O4. The number of nitrogens with zero attached hydrogens (tertiary/aromatic N) is 2. The Morgan fingerprint density at radius 3 is 2.57 bits per heavy atom. The lowest BCUT2D eigenvalue weighted by molar-refractivity contribution is 0.0687. The number of benzene rings is 2. The maximum absolute atomic E-state index is 11.4. The predicted octanol–water partition coefficient (Wildman–Crippen LogP) is 2.96. The molecule has 0 aliphatic rings. The lowest BCUT2D eigenvalue weighted by Gasteiger charge is -2.11. The lowest BCUT2D eigenvalue weighted by Crippen LogP contribution is -2.05. The van der Waals surface area contributed by atoms with Crippen LogP contribution in [0.15, 0.2) is 36.4 Å². The molecule has 6 nitrogen and oxygen atoms in total. The van der Waals surface area contributed by atoms with Crippen molar-refractivity contribution in [2.24, 2.45) is 7.05 Å². The number of carboxylic acids is 1. The van der Waals surface area contributed by atoms with Crippen LogP contribution >= 0.6 is 0 Å². The van der Waals surface area contributed by atoms with Gasteiger partial charge < -0.3 is 14.6 Å². The van der Waals surface area contributed by atoms with Gasteiger partial charge >= 0.3 is 5.97 Å². The van der Waals surface area contributed by atoms with Gasteiger partial charge in [-0.05, 0) is 12.1 Å². The summed E-state index contributed by atoms with van der Waals surface area (Å²) in [6, 6.07) is 11.0. The minimum Gasteiger partial charge on any atom is -0.497 e. The average molecular weight is 312 g/mol. The minimum absolute atomic E-state index is 0.161. The molecule has 0 spiro atoms. The summed E-state index contributed by atoms with van der Waals surface area (Å²) in [6.45, 7) is 0. The smallest absolute Gasteiger partial charge is 0.354 e. The van der Waals surface area contributed by atoms with E-state index in [-0.39, 0.29) is 5.69 Å². The average Bonchev–Trinajstić information content (AvgIpc) is 2.90. The van der Waals surface area contributed by atoms with Gasteiger partial charge in [0.1, 0.15) is 17.0 Å². The van der Waals surface area contributed by atoms with E-state index in [1.54, 1.807) is 33.4 Å². The molecule has 0 atom stereocenters. The summed E-state index contributed by atoms with van der Waals surface area (Å²) in [5, 5.41) is 14.4. The number of aromatic nitrogens is 2. The first-order chi connectivity index (χ1) is 11.1. The van der Waals surface area contributed by atoms with Gasteiger partial charge in [0.2, 0.25) is 0 Å². The molecule has 0 fully saturated rings. The van der Waals surface area contributed by atoms with Gasteiger partial charge in [-0.25, -0.2) is 4.79 Å². The summed E-state index contributed by atoms with van der Waals surface area (Å²) in [5.74, 6) is 0.318. The van der Waals surface area contributed by atoms with Gasteiger partial charge in [0.15, 0.2) is 5.69 Å². The zero-order chi connectivity index (χ0) is 16.6. The zero-order valence-electron chi connectivity index (χ0n) is 13.0. The van der Waals surface area contributed by atoms with E-state index < -0.39 is 5.97 Å². The molecule has 23 heavy (non-hydrogen) atoms. The van der Waals surface area contributed by atoms with Crippen LogP contribution in [0.1, 0.15) is 10.5 Å². The lowest BCUT2D eigenvalue weighted by atomic mass is 10.0. The molecule has 0 bridgehead atoms. The Hall–Kier alpha value is -3.02. The molecule has 0 aliphatic carbocycles. The molecule has 0 saturated carbocycles. The number of rotatable bonds is 4. The monoisotopic (exact) mass is 312 g/mol. The van der Waals surface area contributed by atoms with Crippen LogP contribution in [0.5, 0.6) is 11.5 Å². The number of hydrogen-bond acceptors (Lipinski definition) is 4. The molecule has 3 aromatic rings. The number of carbonyl (C=O) groups is 1. The van der Waals surface area contributed by atoms with Gasteiger partial charge in [-0.3, -0.25) is 4.68 Å². The maximum Gasteiger partial charge on any atom is 0.354 e. The first-order valence-corrected chi connectivity index (χ1v) is 6.98. The molecule has 1 aromatic heterocycles. The standard InChI is InChI=1S/C17H16N2O4/c1-19-16(17(20)21)13-6-4-5-12(15(13)18-19)11-8-7-10(22-2)9-14(11)23-3/h4-9H,1-3H3,(H,20,21). The van der Waals surface area contributed by atoms with Crippen molar-refractivity contribution in [2.45, 2.75) is 0 Å². The van der Waals surface area contributed by atoms with Gasteiger partial charge in [-0.1, -0.05) is 18.2 Å². The van der Waals surface area contributed by atoms with Crippen molar-refractivity contribution in [1.29, 1.82) is 0 Å². The largest absolute Gasteiger partial charge is 0.497 e. The van der Waals surface area contributed by atoms with Crippen LogP contribution in [0.2, 0.25) is 0 Å². The van der Waals surface area contributed by atoms with E-state index in [1.165, 1.54) is 4.68 Å². The van der Waals surface area contributed by atoms with Gasteiger partial charge in [0.25, 0.3) is 0 Å². The highest BCUT2D eigenvalue weighted by Gasteiger charge is 2.19. The van der Waals surface area contributed by atoms with E-state index in [2.05, 4.69) is 5.10 Å². The summed E-state index contributed by atoms with van der Waals surface area (Å²) in [4.78, 5) is 11.4. The fourth-order valence-corrected chi connectivity index (χ4v) is 2.71. The van der Waals surface area contributed by atoms with Crippen LogP contribution in [0.3, 0.4) is 0 Å². The quantitative estimate of drug-likeness (QED) is 0.802. The Morgan fingerprint density at radius 2 is 1.91 bits per heavy atom. The van der Waals surface area contributed by atoms with Crippen molar-refractivity contribution in [3.63, 3.8) is 0 Å². The molecule has 0 aliphatic heterocycles. The Balaban J connectivity index is 2.29. The summed E-state index contributed by atoms with van der Waals surface area (Å²) < 4.78 is 12.0. The van der Waals surface area contributed by atoms with Crippen molar-refractivity contribution >= 4 is 16.9 Å². The second-order valence-electron chi connectivity index (χ2n) is 5.05. The van der Waals surface area contributed by atoms with E-state index >= 15 is 0 Å². The number of aromatic carboxylic acids is 1. The van der Waals surface area contributed by atoms with E-state index in [0.717, 1.165) is 11.1 Å². The fourth-order valence-electron chi connectivity index (χ4n) is 2.71. The molecule has 2 aromatic carbocycles. The van der Waals surface area contributed by atoms with Crippen LogP contribution in [0.4, 0.5) is 0 Å². The molecule has 0 amide bonds. The molecule has 0 saturated heterocycles. The number of methoxy groups -OCH3 is 2. The Morgan fingerprint density at radius 1 is 1.13 bits per heavy atom. The molecular weight excluding hydrogens is 296 g/mol.